The van der Waals surface area contributed by atoms with E-state index in [0.717, 1.165) is 99.5 Å². The van der Waals surface area contributed by atoms with Crippen molar-refractivity contribution < 1.29 is 19.2 Å². The zero-order chi connectivity index (χ0) is 37.6. The molecule has 55 heavy (non-hydrogen) atoms. The molecule has 0 aliphatic carbocycles. The summed E-state index contributed by atoms with van der Waals surface area (Å²) in [6.07, 6.45) is 6.98. The second-order valence-electron chi connectivity index (χ2n) is 15.9. The smallest absolute Gasteiger partial charge is 0.256 e. The van der Waals surface area contributed by atoms with Crippen LogP contribution in [0.3, 0.4) is 0 Å². The molecule has 9 rings (SSSR count). The molecule has 5 aliphatic heterocycles. The highest BCUT2D eigenvalue weighted by Gasteiger charge is 2.40. The van der Waals surface area contributed by atoms with E-state index in [1.807, 2.05) is 48.7 Å². The lowest BCUT2D eigenvalue weighted by molar-refractivity contribution is -0.136. The van der Waals surface area contributed by atoms with E-state index in [0.29, 0.717) is 41.9 Å². The second kappa shape index (κ2) is 14.8. The van der Waals surface area contributed by atoms with E-state index < -0.39 is 6.04 Å². The summed E-state index contributed by atoms with van der Waals surface area (Å²) in [4.78, 5) is 70.2. The topological polar surface area (TPSA) is 137 Å². The van der Waals surface area contributed by atoms with Crippen molar-refractivity contribution >= 4 is 51.7 Å². The van der Waals surface area contributed by atoms with E-state index in [1.165, 1.54) is 12.1 Å². The van der Waals surface area contributed by atoms with Gasteiger partial charge in [0.15, 0.2) is 0 Å². The Hall–Kier alpha value is -5.27. The van der Waals surface area contributed by atoms with Gasteiger partial charge in [-0.15, -0.1) is 0 Å². The molecule has 4 fully saturated rings. The first-order valence-electron chi connectivity index (χ1n) is 19.9. The van der Waals surface area contributed by atoms with Crippen LogP contribution in [0.5, 0.6) is 0 Å². The third-order valence-corrected chi connectivity index (χ3v) is 12.5. The van der Waals surface area contributed by atoms with Crippen molar-refractivity contribution in [1.82, 2.24) is 30.0 Å². The number of amides is 4. The number of anilines is 3. The van der Waals surface area contributed by atoms with Crippen LogP contribution in [0.2, 0.25) is 0 Å². The molecule has 0 spiro atoms. The van der Waals surface area contributed by atoms with E-state index in [2.05, 4.69) is 59.4 Å². The minimum Gasteiger partial charge on any atom is -0.371 e. The van der Waals surface area contributed by atoms with Crippen LogP contribution in [0.4, 0.5) is 17.2 Å². The monoisotopic (exact) mass is 743 g/mol. The molecule has 4 amide bonds. The summed E-state index contributed by atoms with van der Waals surface area (Å²) < 4.78 is 0. The average Bonchev–Trinajstić information content (AvgIpc) is 3.92. The molecule has 4 aromatic rings. The number of aromatic nitrogens is 2. The van der Waals surface area contributed by atoms with Crippen molar-refractivity contribution in [3.63, 3.8) is 0 Å². The number of imide groups is 1. The van der Waals surface area contributed by atoms with Crippen molar-refractivity contribution in [3.8, 4) is 0 Å². The third kappa shape index (κ3) is 7.06. The summed E-state index contributed by atoms with van der Waals surface area (Å²) >= 11 is 0. The van der Waals surface area contributed by atoms with Gasteiger partial charge in [-0.05, 0) is 94.1 Å². The van der Waals surface area contributed by atoms with Gasteiger partial charge in [-0.1, -0.05) is 6.07 Å². The number of fused-ring (bicyclic) bond motifs is 2. The van der Waals surface area contributed by atoms with E-state index in [1.54, 1.807) is 4.90 Å². The van der Waals surface area contributed by atoms with E-state index in [4.69, 9.17) is 0 Å². The molecular formula is C42H49N9O4. The molecule has 4 saturated heterocycles. The van der Waals surface area contributed by atoms with Crippen molar-refractivity contribution in [2.75, 3.05) is 74.5 Å². The Kier molecular flexibility index (Phi) is 9.51. The molecule has 13 nitrogen and oxygen atoms in total. The predicted octanol–water partition coefficient (Wildman–Crippen LogP) is 4.38. The van der Waals surface area contributed by atoms with Crippen LogP contribution in [0, 0.1) is 5.92 Å². The number of piperazine rings is 1. The maximum atomic E-state index is 13.3. The van der Waals surface area contributed by atoms with Gasteiger partial charge in [-0.3, -0.25) is 34.3 Å². The van der Waals surface area contributed by atoms with Gasteiger partial charge in [0.1, 0.15) is 11.9 Å². The Morgan fingerprint density at radius 1 is 0.873 bits per heavy atom. The second-order valence-corrected chi connectivity index (χ2v) is 15.9. The highest BCUT2D eigenvalue weighted by molar-refractivity contribution is 6.06. The first-order valence-corrected chi connectivity index (χ1v) is 19.9. The van der Waals surface area contributed by atoms with Crippen LogP contribution < -0.4 is 20.4 Å². The molecule has 2 atom stereocenters. The molecule has 286 valence electrons. The molecule has 5 aliphatic rings. The van der Waals surface area contributed by atoms with Crippen LogP contribution in [0.25, 0.3) is 10.9 Å². The third-order valence-electron chi connectivity index (χ3n) is 12.5. The molecule has 2 aromatic heterocycles. The first-order chi connectivity index (χ1) is 26.8. The number of carbonyl (C=O) groups is 4. The number of likely N-dealkylation sites (tertiary alicyclic amines) is 1. The highest BCUT2D eigenvalue weighted by atomic mass is 16.2. The highest BCUT2D eigenvalue weighted by Crippen LogP contribution is 2.36. The minimum atomic E-state index is -0.602. The first kappa shape index (κ1) is 35.4. The number of rotatable bonds is 8. The zero-order valence-electron chi connectivity index (χ0n) is 31.4. The van der Waals surface area contributed by atoms with Gasteiger partial charge >= 0.3 is 0 Å². The van der Waals surface area contributed by atoms with Crippen LogP contribution in [-0.4, -0.2) is 114 Å². The Labute approximate surface area is 321 Å². The standard InChI is InChI=1S/C42H49N9O4/c1-47-15-3-6-36(47)34-22-29-24-43-38(23-33(29)44-34)45-40(53)28-7-9-30(10-8-28)49-20-18-48(19-21-49)25-27-13-16-50(17-14-27)35-5-2-4-31-32(35)26-51(42(31)55)37-11-12-39(52)46-41(37)54/h2,4-5,7-10,22-24,27,36-37,44H,3,6,11-21,25-26H2,1H3,(H,43,45,53)(H,46,52,54)/t36-,37?/m1/s1. The normalized spacial score (nSPS) is 22.8. The Bertz CT molecular complexity index is 2120. The number of hydrogen-bond acceptors (Lipinski definition) is 9. The van der Waals surface area contributed by atoms with Gasteiger partial charge in [-0.2, -0.15) is 0 Å². The molecule has 0 saturated carbocycles. The van der Waals surface area contributed by atoms with Gasteiger partial charge < -0.3 is 25.0 Å². The number of nitrogens with one attached hydrogen (secondary N) is 3. The van der Waals surface area contributed by atoms with Crippen LogP contribution >= 0.6 is 0 Å². The number of pyridine rings is 1. The molecule has 1 unspecified atom stereocenters. The minimum absolute atomic E-state index is 0.123. The van der Waals surface area contributed by atoms with Gasteiger partial charge in [0, 0.05) is 116 Å². The molecule has 7 heterocycles. The van der Waals surface area contributed by atoms with Crippen LogP contribution in [0.15, 0.2) is 60.8 Å². The Morgan fingerprint density at radius 2 is 1.67 bits per heavy atom. The summed E-state index contributed by atoms with van der Waals surface area (Å²) in [6.45, 7) is 8.34. The maximum Gasteiger partial charge on any atom is 0.256 e. The lowest BCUT2D eigenvalue weighted by atomic mass is 9.94. The lowest BCUT2D eigenvalue weighted by Crippen LogP contribution is -2.52. The number of hydrogen-bond donors (Lipinski definition) is 3. The van der Waals surface area contributed by atoms with Crippen LogP contribution in [0.1, 0.15) is 76.5 Å². The number of piperidine rings is 2. The van der Waals surface area contributed by atoms with Crippen LogP contribution in [-0.2, 0) is 16.1 Å². The summed E-state index contributed by atoms with van der Waals surface area (Å²) in [5.41, 5.74) is 6.67. The number of benzene rings is 2. The fourth-order valence-corrected chi connectivity index (χ4v) is 9.39. The summed E-state index contributed by atoms with van der Waals surface area (Å²) in [6, 6.07) is 17.7. The lowest BCUT2D eigenvalue weighted by Gasteiger charge is -2.40. The quantitative estimate of drug-likeness (QED) is 0.225. The Morgan fingerprint density at radius 3 is 2.42 bits per heavy atom. The average molecular weight is 744 g/mol. The van der Waals surface area contributed by atoms with E-state index in [-0.39, 0.29) is 30.0 Å². The molecule has 0 radical (unpaired) electrons. The van der Waals surface area contributed by atoms with Crippen molar-refractivity contribution in [3.05, 3.63) is 83.2 Å². The predicted molar refractivity (Wildman–Crippen MR) is 211 cm³/mol. The summed E-state index contributed by atoms with van der Waals surface area (Å²) in [5.74, 6) is 0.208. The summed E-state index contributed by atoms with van der Waals surface area (Å²) in [5, 5.41) is 6.43. The SMILES string of the molecule is CN1CCC[C@@H]1c1cc2cnc(NC(=O)c3ccc(N4CCN(CC5CCN(c6cccc7c6CN(C6CCC(=O)NC6=O)C7=O)CC5)CC4)cc3)cc2[nH]1. The van der Waals surface area contributed by atoms with Crippen molar-refractivity contribution in [2.24, 2.45) is 5.92 Å². The van der Waals surface area contributed by atoms with Gasteiger partial charge in [0.05, 0.1) is 5.52 Å². The molecular weight excluding hydrogens is 695 g/mol. The van der Waals surface area contributed by atoms with Crippen molar-refractivity contribution in [1.29, 1.82) is 0 Å². The van der Waals surface area contributed by atoms with Gasteiger partial charge in [0.2, 0.25) is 11.8 Å². The molecule has 2 aromatic carbocycles. The number of aromatic amines is 1. The molecule has 3 N–H and O–H groups in total. The van der Waals surface area contributed by atoms with E-state index >= 15 is 0 Å². The van der Waals surface area contributed by atoms with Gasteiger partial charge in [-0.25, -0.2) is 4.98 Å². The van der Waals surface area contributed by atoms with Crippen molar-refractivity contribution in [2.45, 2.75) is 57.2 Å². The zero-order valence-corrected chi connectivity index (χ0v) is 31.4. The maximum absolute atomic E-state index is 13.3. The Balaban J connectivity index is 0.741. The van der Waals surface area contributed by atoms with E-state index in [9.17, 15) is 19.2 Å². The molecule has 0 bridgehead atoms. The molecule has 13 heteroatoms. The number of nitrogens with zero attached hydrogens (tertiary/aromatic N) is 6. The summed E-state index contributed by atoms with van der Waals surface area (Å²) in [7, 11) is 2.16. The number of carbonyl (C=O) groups excluding carboxylic acids is 4. The number of H-pyrrole nitrogens is 1. The largest absolute Gasteiger partial charge is 0.371 e. The fraction of sp³-hybridized carbons (Fsp3) is 0.452. The van der Waals surface area contributed by atoms with Gasteiger partial charge in [0.25, 0.3) is 11.8 Å². The fourth-order valence-electron chi connectivity index (χ4n) is 9.39.